The number of nitrogens with two attached hydrogens (primary N) is 1. The molecule has 20 heavy (non-hydrogen) atoms. The van der Waals surface area contributed by atoms with E-state index in [1.165, 1.54) is 0 Å². The second kappa shape index (κ2) is 6.79. The van der Waals surface area contributed by atoms with E-state index >= 15 is 0 Å². The molecule has 1 aromatic carbocycles. The van der Waals surface area contributed by atoms with Gasteiger partial charge in [-0.15, -0.1) is 0 Å². The average molecular weight is 273 g/mol. The molecule has 3 N–H and O–H groups in total. The van der Waals surface area contributed by atoms with E-state index < -0.39 is 0 Å². The van der Waals surface area contributed by atoms with Gasteiger partial charge in [0.1, 0.15) is 0 Å². The lowest BCUT2D eigenvalue weighted by Gasteiger charge is -2.29. The summed E-state index contributed by atoms with van der Waals surface area (Å²) in [6.45, 7) is 6.95. The first kappa shape index (κ1) is 14.9. The Morgan fingerprint density at radius 3 is 2.70 bits per heavy atom. The van der Waals surface area contributed by atoms with E-state index in [1.54, 1.807) is 0 Å². The zero-order chi connectivity index (χ0) is 14.5. The van der Waals surface area contributed by atoms with Crippen LogP contribution in [0.4, 0.5) is 0 Å². The number of nitrogens with one attached hydrogen (secondary N) is 1. The number of hydrogen-bond donors (Lipinski definition) is 2. The third kappa shape index (κ3) is 3.15. The minimum absolute atomic E-state index is 0.0213. The molecule has 0 aliphatic heterocycles. The van der Waals surface area contributed by atoms with Crippen LogP contribution >= 0.6 is 0 Å². The number of hydrazine groups is 1. The lowest BCUT2D eigenvalue weighted by atomic mass is 9.94. The molecule has 2 unspecified atom stereocenters. The van der Waals surface area contributed by atoms with Crippen molar-refractivity contribution in [1.82, 2.24) is 10.4 Å². The summed E-state index contributed by atoms with van der Waals surface area (Å²) in [7, 11) is 0. The largest absolute Gasteiger partial charge is 0.376 e. The van der Waals surface area contributed by atoms with Crippen LogP contribution in [0.25, 0.3) is 10.9 Å². The van der Waals surface area contributed by atoms with Crippen molar-refractivity contribution in [3.63, 3.8) is 0 Å². The highest BCUT2D eigenvalue weighted by Gasteiger charge is 2.26. The molecule has 0 aliphatic carbocycles. The Bertz CT molecular complexity index is 556. The number of pyridine rings is 1. The fourth-order valence-corrected chi connectivity index (χ4v) is 2.50. The van der Waals surface area contributed by atoms with Crippen LogP contribution in [0.15, 0.2) is 36.5 Å². The fraction of sp³-hybridized carbons (Fsp3) is 0.438. The van der Waals surface area contributed by atoms with Gasteiger partial charge in [-0.05, 0) is 30.5 Å². The molecule has 0 saturated carbocycles. The fourth-order valence-electron chi connectivity index (χ4n) is 2.50. The van der Waals surface area contributed by atoms with Gasteiger partial charge in [0.25, 0.3) is 0 Å². The highest BCUT2D eigenvalue weighted by atomic mass is 16.5. The third-order valence-electron chi connectivity index (χ3n) is 3.50. The molecule has 0 radical (unpaired) electrons. The minimum atomic E-state index is -0.0629. The van der Waals surface area contributed by atoms with E-state index in [9.17, 15) is 0 Å². The molecule has 4 nitrogen and oxygen atoms in total. The van der Waals surface area contributed by atoms with E-state index in [2.05, 4.69) is 36.4 Å². The van der Waals surface area contributed by atoms with Crippen LogP contribution in [0, 0.1) is 5.92 Å². The summed E-state index contributed by atoms with van der Waals surface area (Å²) in [6, 6.07) is 10.1. The smallest absolute Gasteiger partial charge is 0.0805 e. The van der Waals surface area contributed by atoms with Crippen LogP contribution in [0.2, 0.25) is 0 Å². The maximum absolute atomic E-state index is 5.85. The second-order valence-corrected chi connectivity index (χ2v) is 5.27. The van der Waals surface area contributed by atoms with Crippen LogP contribution in [0.3, 0.4) is 0 Å². The highest BCUT2D eigenvalue weighted by Crippen LogP contribution is 2.25. The normalized spacial score (nSPS) is 14.7. The first-order valence-electron chi connectivity index (χ1n) is 7.09. The standard InChI is InChI=1S/C16H23N3O/c1-4-20-16(11(2)3)15(19-17)13-9-12-7-5-6-8-14(12)18-10-13/h5-11,15-16,19H,4,17H2,1-3H3. The van der Waals surface area contributed by atoms with E-state index in [4.69, 9.17) is 10.6 Å². The summed E-state index contributed by atoms with van der Waals surface area (Å²) in [5.41, 5.74) is 4.93. The molecule has 0 amide bonds. The maximum Gasteiger partial charge on any atom is 0.0805 e. The molecule has 2 aromatic rings. The minimum Gasteiger partial charge on any atom is -0.376 e. The number of fused-ring (bicyclic) bond motifs is 1. The Labute approximate surface area is 120 Å². The van der Waals surface area contributed by atoms with Crippen molar-refractivity contribution in [3.8, 4) is 0 Å². The molecular formula is C16H23N3O. The molecule has 0 aliphatic rings. The van der Waals surface area contributed by atoms with Gasteiger partial charge in [0.15, 0.2) is 0 Å². The number of hydrogen-bond acceptors (Lipinski definition) is 4. The molecule has 2 rings (SSSR count). The topological polar surface area (TPSA) is 60.2 Å². The summed E-state index contributed by atoms with van der Waals surface area (Å²) >= 11 is 0. The van der Waals surface area contributed by atoms with Gasteiger partial charge < -0.3 is 4.74 Å². The van der Waals surface area contributed by atoms with Crippen LogP contribution in [-0.2, 0) is 4.74 Å². The van der Waals surface area contributed by atoms with Gasteiger partial charge in [-0.3, -0.25) is 16.3 Å². The number of benzene rings is 1. The van der Waals surface area contributed by atoms with E-state index in [0.717, 1.165) is 16.5 Å². The van der Waals surface area contributed by atoms with E-state index in [-0.39, 0.29) is 12.1 Å². The summed E-state index contributed by atoms with van der Waals surface area (Å²) in [6.07, 6.45) is 1.90. The van der Waals surface area contributed by atoms with Gasteiger partial charge in [-0.2, -0.15) is 0 Å². The molecule has 1 aromatic heterocycles. The Morgan fingerprint density at radius 1 is 1.30 bits per heavy atom. The quantitative estimate of drug-likeness (QED) is 0.627. The molecule has 1 heterocycles. The number of aromatic nitrogens is 1. The lowest BCUT2D eigenvalue weighted by Crippen LogP contribution is -2.40. The van der Waals surface area contributed by atoms with Crippen molar-refractivity contribution in [2.75, 3.05) is 6.61 Å². The number of ether oxygens (including phenoxy) is 1. The van der Waals surface area contributed by atoms with Gasteiger partial charge in [-0.1, -0.05) is 32.0 Å². The molecule has 108 valence electrons. The Hall–Kier alpha value is -1.49. The van der Waals surface area contributed by atoms with Crippen molar-refractivity contribution in [3.05, 3.63) is 42.1 Å². The molecule has 0 spiro atoms. The van der Waals surface area contributed by atoms with E-state index in [1.807, 2.05) is 31.3 Å². The van der Waals surface area contributed by atoms with Crippen molar-refractivity contribution >= 4 is 10.9 Å². The Balaban J connectivity index is 2.37. The van der Waals surface area contributed by atoms with Crippen LogP contribution in [0.5, 0.6) is 0 Å². The summed E-state index contributed by atoms with van der Waals surface area (Å²) in [5.74, 6) is 6.12. The van der Waals surface area contributed by atoms with Crippen molar-refractivity contribution in [2.24, 2.45) is 11.8 Å². The Morgan fingerprint density at radius 2 is 2.05 bits per heavy atom. The van der Waals surface area contributed by atoms with Crippen LogP contribution < -0.4 is 11.3 Å². The zero-order valence-electron chi connectivity index (χ0n) is 12.3. The average Bonchev–Trinajstić information content (AvgIpc) is 2.47. The molecule has 2 atom stereocenters. The third-order valence-corrected chi connectivity index (χ3v) is 3.50. The second-order valence-electron chi connectivity index (χ2n) is 5.27. The number of nitrogens with zero attached hydrogens (tertiary/aromatic N) is 1. The number of rotatable bonds is 6. The first-order valence-corrected chi connectivity index (χ1v) is 7.09. The van der Waals surface area contributed by atoms with Gasteiger partial charge in [0.2, 0.25) is 0 Å². The molecule has 0 fully saturated rings. The summed E-state index contributed by atoms with van der Waals surface area (Å²) in [5, 5.41) is 1.12. The van der Waals surface area contributed by atoms with Crippen molar-refractivity contribution in [2.45, 2.75) is 32.9 Å². The zero-order valence-corrected chi connectivity index (χ0v) is 12.3. The highest BCUT2D eigenvalue weighted by molar-refractivity contribution is 5.78. The monoisotopic (exact) mass is 273 g/mol. The summed E-state index contributed by atoms with van der Waals surface area (Å²) in [4.78, 5) is 4.50. The van der Waals surface area contributed by atoms with Crippen molar-refractivity contribution in [1.29, 1.82) is 0 Å². The molecular weight excluding hydrogens is 250 g/mol. The number of para-hydroxylation sites is 1. The molecule has 4 heteroatoms. The predicted molar refractivity (Wildman–Crippen MR) is 82.1 cm³/mol. The van der Waals surface area contributed by atoms with Crippen LogP contribution in [-0.4, -0.2) is 17.7 Å². The lowest BCUT2D eigenvalue weighted by molar-refractivity contribution is 0.00273. The summed E-state index contributed by atoms with van der Waals surface area (Å²) < 4.78 is 5.85. The van der Waals surface area contributed by atoms with E-state index in [0.29, 0.717) is 12.5 Å². The first-order chi connectivity index (χ1) is 9.67. The Kier molecular flexibility index (Phi) is 5.06. The van der Waals surface area contributed by atoms with Gasteiger partial charge in [0.05, 0.1) is 17.7 Å². The van der Waals surface area contributed by atoms with Gasteiger partial charge in [0, 0.05) is 18.2 Å². The maximum atomic E-state index is 5.85. The van der Waals surface area contributed by atoms with Crippen molar-refractivity contribution < 1.29 is 4.74 Å². The van der Waals surface area contributed by atoms with Gasteiger partial charge >= 0.3 is 0 Å². The van der Waals surface area contributed by atoms with Gasteiger partial charge in [-0.25, -0.2) is 0 Å². The SMILES string of the molecule is CCOC(C(C)C)C(NN)c1cnc2ccccc2c1. The van der Waals surface area contributed by atoms with Crippen LogP contribution in [0.1, 0.15) is 32.4 Å². The molecule has 0 bridgehead atoms. The predicted octanol–water partition coefficient (Wildman–Crippen LogP) is 2.80. The molecule has 0 saturated heterocycles.